The number of piperidine rings is 1. The van der Waals surface area contributed by atoms with Crippen LogP contribution in [-0.4, -0.2) is 30.4 Å². The fraction of sp³-hybridized carbons (Fsp3) is 0.643. The van der Waals surface area contributed by atoms with Gasteiger partial charge >= 0.3 is 0 Å². The van der Waals surface area contributed by atoms with Gasteiger partial charge in [-0.15, -0.1) is 12.4 Å². The third kappa shape index (κ3) is 4.25. The van der Waals surface area contributed by atoms with Gasteiger partial charge in [0, 0.05) is 19.0 Å². The van der Waals surface area contributed by atoms with Crippen molar-refractivity contribution in [1.29, 1.82) is 0 Å². The second-order valence-electron chi connectivity index (χ2n) is 5.28. The van der Waals surface area contributed by atoms with Crippen LogP contribution in [0.25, 0.3) is 0 Å². The standard InChI is InChI=1S/C14H22N2O2.ClH/c1-10-8-12(6-7-15-10)14(17)16(3)9-13-5-4-11(2)18-13;/h4-5,10,12,15H,6-9H2,1-3H3;1H/t10-,12-;/m0./s1. The van der Waals surface area contributed by atoms with Crippen molar-refractivity contribution in [2.45, 2.75) is 39.3 Å². The Hall–Kier alpha value is -1.00. The summed E-state index contributed by atoms with van der Waals surface area (Å²) in [5.74, 6) is 2.13. The van der Waals surface area contributed by atoms with Crippen molar-refractivity contribution in [1.82, 2.24) is 10.2 Å². The molecule has 2 atom stereocenters. The van der Waals surface area contributed by atoms with Crippen molar-refractivity contribution in [2.24, 2.45) is 5.92 Å². The van der Waals surface area contributed by atoms with E-state index in [0.29, 0.717) is 12.6 Å². The first-order chi connectivity index (χ1) is 8.56. The zero-order chi connectivity index (χ0) is 13.1. The van der Waals surface area contributed by atoms with Gasteiger partial charge in [0.25, 0.3) is 0 Å². The summed E-state index contributed by atoms with van der Waals surface area (Å²) in [7, 11) is 1.85. The third-order valence-electron chi connectivity index (χ3n) is 3.54. The minimum atomic E-state index is 0. The van der Waals surface area contributed by atoms with E-state index in [-0.39, 0.29) is 24.2 Å². The van der Waals surface area contributed by atoms with Crippen LogP contribution in [0.2, 0.25) is 0 Å². The van der Waals surface area contributed by atoms with E-state index < -0.39 is 0 Å². The van der Waals surface area contributed by atoms with Crippen molar-refractivity contribution < 1.29 is 9.21 Å². The number of carbonyl (C=O) groups is 1. The average Bonchev–Trinajstić information content (AvgIpc) is 2.73. The molecule has 108 valence electrons. The normalized spacial score (nSPS) is 22.7. The summed E-state index contributed by atoms with van der Waals surface area (Å²) >= 11 is 0. The molecule has 1 aromatic rings. The molecule has 4 nitrogen and oxygen atoms in total. The van der Waals surface area contributed by atoms with Gasteiger partial charge in [-0.25, -0.2) is 0 Å². The second-order valence-corrected chi connectivity index (χ2v) is 5.28. The van der Waals surface area contributed by atoms with Crippen LogP contribution in [0.5, 0.6) is 0 Å². The van der Waals surface area contributed by atoms with E-state index >= 15 is 0 Å². The molecule has 0 aliphatic carbocycles. The molecule has 0 spiro atoms. The number of hydrogen-bond acceptors (Lipinski definition) is 3. The number of aryl methyl sites for hydroxylation is 1. The van der Waals surface area contributed by atoms with Gasteiger partial charge in [-0.2, -0.15) is 0 Å². The minimum Gasteiger partial charge on any atom is -0.464 e. The molecule has 0 bridgehead atoms. The first-order valence-corrected chi connectivity index (χ1v) is 6.60. The number of nitrogens with zero attached hydrogens (tertiary/aromatic N) is 1. The quantitative estimate of drug-likeness (QED) is 0.928. The fourth-order valence-corrected chi connectivity index (χ4v) is 2.55. The fourth-order valence-electron chi connectivity index (χ4n) is 2.55. The SMILES string of the molecule is Cc1ccc(CN(C)C(=O)[C@H]2CCN[C@@H](C)C2)o1.Cl. The molecule has 0 aromatic carbocycles. The van der Waals surface area contributed by atoms with E-state index in [4.69, 9.17) is 4.42 Å². The largest absolute Gasteiger partial charge is 0.464 e. The van der Waals surface area contributed by atoms with Crippen LogP contribution in [0.4, 0.5) is 0 Å². The number of nitrogens with one attached hydrogen (secondary N) is 1. The number of hydrogen-bond donors (Lipinski definition) is 1. The summed E-state index contributed by atoms with van der Waals surface area (Å²) < 4.78 is 5.51. The van der Waals surface area contributed by atoms with Crippen LogP contribution in [0.3, 0.4) is 0 Å². The van der Waals surface area contributed by atoms with E-state index in [0.717, 1.165) is 30.9 Å². The first kappa shape index (κ1) is 16.1. The van der Waals surface area contributed by atoms with Crippen LogP contribution < -0.4 is 5.32 Å². The van der Waals surface area contributed by atoms with Gasteiger partial charge in [-0.05, 0) is 45.4 Å². The van der Waals surface area contributed by atoms with Crippen molar-refractivity contribution in [3.8, 4) is 0 Å². The van der Waals surface area contributed by atoms with Crippen LogP contribution in [0.1, 0.15) is 31.3 Å². The second kappa shape index (κ2) is 6.96. The molecule has 1 aromatic heterocycles. The zero-order valence-electron chi connectivity index (χ0n) is 11.8. The van der Waals surface area contributed by atoms with Crippen molar-refractivity contribution in [3.63, 3.8) is 0 Å². The van der Waals surface area contributed by atoms with Gasteiger partial charge in [0.1, 0.15) is 11.5 Å². The number of carbonyl (C=O) groups excluding carboxylic acids is 1. The Kier molecular flexibility index (Phi) is 5.88. The zero-order valence-corrected chi connectivity index (χ0v) is 12.6. The molecular weight excluding hydrogens is 264 g/mol. The summed E-state index contributed by atoms with van der Waals surface area (Å²) in [5, 5.41) is 3.37. The lowest BCUT2D eigenvalue weighted by Gasteiger charge is -2.30. The monoisotopic (exact) mass is 286 g/mol. The van der Waals surface area contributed by atoms with Crippen molar-refractivity contribution in [2.75, 3.05) is 13.6 Å². The summed E-state index contributed by atoms with van der Waals surface area (Å²) in [4.78, 5) is 14.1. The highest BCUT2D eigenvalue weighted by Crippen LogP contribution is 2.19. The summed E-state index contributed by atoms with van der Waals surface area (Å²) in [6.07, 6.45) is 1.87. The Labute approximate surface area is 120 Å². The molecule has 1 N–H and O–H groups in total. The third-order valence-corrected chi connectivity index (χ3v) is 3.54. The van der Waals surface area contributed by atoms with E-state index in [1.54, 1.807) is 4.90 Å². The topological polar surface area (TPSA) is 45.5 Å². The summed E-state index contributed by atoms with van der Waals surface area (Å²) in [6.45, 7) is 5.55. The van der Waals surface area contributed by atoms with Gasteiger partial charge in [0.15, 0.2) is 0 Å². The van der Waals surface area contributed by atoms with Crippen LogP contribution in [0, 0.1) is 12.8 Å². The molecule has 1 saturated heterocycles. The Bertz CT molecular complexity index is 419. The van der Waals surface area contributed by atoms with E-state index in [1.165, 1.54) is 0 Å². The van der Waals surface area contributed by atoms with Gasteiger partial charge in [-0.1, -0.05) is 0 Å². The van der Waals surface area contributed by atoms with Crippen molar-refractivity contribution >= 4 is 18.3 Å². The molecule has 1 aliphatic rings. The molecule has 19 heavy (non-hydrogen) atoms. The van der Waals surface area contributed by atoms with E-state index in [1.807, 2.05) is 26.1 Å². The van der Waals surface area contributed by atoms with Crippen LogP contribution in [0.15, 0.2) is 16.5 Å². The number of halogens is 1. The predicted molar refractivity (Wildman–Crippen MR) is 77.4 cm³/mol. The molecule has 0 unspecified atom stereocenters. The lowest BCUT2D eigenvalue weighted by atomic mass is 9.92. The molecule has 2 heterocycles. The van der Waals surface area contributed by atoms with Crippen molar-refractivity contribution in [3.05, 3.63) is 23.7 Å². The highest BCUT2D eigenvalue weighted by atomic mass is 35.5. The molecular formula is C14H23ClN2O2. The first-order valence-electron chi connectivity index (χ1n) is 6.60. The highest BCUT2D eigenvalue weighted by Gasteiger charge is 2.27. The summed E-state index contributed by atoms with van der Waals surface area (Å²) in [5.41, 5.74) is 0. The smallest absolute Gasteiger partial charge is 0.225 e. The Morgan fingerprint density at radius 2 is 2.26 bits per heavy atom. The Balaban J connectivity index is 0.00000180. The molecule has 1 amide bonds. The molecule has 5 heteroatoms. The van der Waals surface area contributed by atoms with Crippen LogP contribution >= 0.6 is 12.4 Å². The lowest BCUT2D eigenvalue weighted by Crippen LogP contribution is -2.42. The Morgan fingerprint density at radius 1 is 1.53 bits per heavy atom. The molecule has 1 fully saturated rings. The molecule has 2 rings (SSSR count). The predicted octanol–water partition coefficient (Wildman–Crippen LogP) is 2.36. The number of rotatable bonds is 3. The maximum Gasteiger partial charge on any atom is 0.225 e. The molecule has 0 radical (unpaired) electrons. The maximum atomic E-state index is 12.3. The van der Waals surface area contributed by atoms with Gasteiger partial charge in [0.2, 0.25) is 5.91 Å². The van der Waals surface area contributed by atoms with Crippen LogP contribution in [-0.2, 0) is 11.3 Å². The minimum absolute atomic E-state index is 0. The average molecular weight is 287 g/mol. The Morgan fingerprint density at radius 3 is 2.84 bits per heavy atom. The highest BCUT2D eigenvalue weighted by molar-refractivity contribution is 5.85. The lowest BCUT2D eigenvalue weighted by molar-refractivity contribution is -0.136. The number of furan rings is 1. The number of amides is 1. The van der Waals surface area contributed by atoms with E-state index in [9.17, 15) is 4.79 Å². The molecule has 0 saturated carbocycles. The molecule has 1 aliphatic heterocycles. The maximum absolute atomic E-state index is 12.3. The van der Waals surface area contributed by atoms with Gasteiger partial charge in [-0.3, -0.25) is 4.79 Å². The van der Waals surface area contributed by atoms with E-state index in [2.05, 4.69) is 12.2 Å². The summed E-state index contributed by atoms with van der Waals surface area (Å²) in [6, 6.07) is 4.30. The van der Waals surface area contributed by atoms with Gasteiger partial charge in [0.05, 0.1) is 6.54 Å². The van der Waals surface area contributed by atoms with Gasteiger partial charge < -0.3 is 14.6 Å².